The third-order valence-corrected chi connectivity index (χ3v) is 3.18. The lowest BCUT2D eigenvalue weighted by atomic mass is 10.3. The number of rotatable bonds is 6. The second-order valence-corrected chi connectivity index (χ2v) is 4.30. The summed E-state index contributed by atoms with van der Waals surface area (Å²) in [7, 11) is 3.58. The molecule has 84 valence electrons. The van der Waals surface area contributed by atoms with E-state index in [9.17, 15) is 4.39 Å². The van der Waals surface area contributed by atoms with Crippen LogP contribution in [0.4, 0.5) is 4.39 Å². The molecule has 0 fully saturated rings. The molecule has 0 radical (unpaired) electrons. The topological polar surface area (TPSA) is 21.3 Å². The van der Waals surface area contributed by atoms with Gasteiger partial charge in [0, 0.05) is 23.8 Å². The Morgan fingerprint density at radius 3 is 2.93 bits per heavy atom. The molecule has 1 N–H and O–H groups in total. The summed E-state index contributed by atoms with van der Waals surface area (Å²) < 4.78 is 17.9. The standard InChI is InChI=1S/C11H16FNOS/c1-13-10(7-14-2)8-15-11-5-3-4-9(12)6-11/h3-6,10,13H,7-8H2,1-2H3. The van der Waals surface area contributed by atoms with Crippen LogP contribution in [0.3, 0.4) is 0 Å². The van der Waals surface area contributed by atoms with Gasteiger partial charge in [0.1, 0.15) is 5.82 Å². The minimum atomic E-state index is -0.187. The average Bonchev–Trinajstić information content (AvgIpc) is 2.24. The maximum Gasteiger partial charge on any atom is 0.124 e. The molecule has 1 unspecified atom stereocenters. The fourth-order valence-corrected chi connectivity index (χ4v) is 2.20. The van der Waals surface area contributed by atoms with Gasteiger partial charge in [0.2, 0.25) is 0 Å². The highest BCUT2D eigenvalue weighted by Gasteiger charge is 2.06. The zero-order valence-corrected chi connectivity index (χ0v) is 9.81. The van der Waals surface area contributed by atoms with Gasteiger partial charge in [-0.1, -0.05) is 6.07 Å². The van der Waals surface area contributed by atoms with E-state index in [1.54, 1.807) is 31.0 Å². The first-order valence-electron chi connectivity index (χ1n) is 4.81. The summed E-state index contributed by atoms with van der Waals surface area (Å²) in [4.78, 5) is 0.950. The number of halogens is 1. The predicted octanol–water partition coefficient (Wildman–Crippen LogP) is 2.15. The summed E-state index contributed by atoms with van der Waals surface area (Å²) in [5.74, 6) is 0.682. The van der Waals surface area contributed by atoms with Crippen molar-refractivity contribution in [3.05, 3.63) is 30.1 Å². The first kappa shape index (κ1) is 12.5. The molecule has 0 heterocycles. The average molecular weight is 229 g/mol. The van der Waals surface area contributed by atoms with Crippen LogP contribution >= 0.6 is 11.8 Å². The van der Waals surface area contributed by atoms with E-state index >= 15 is 0 Å². The Hall–Kier alpha value is -0.580. The van der Waals surface area contributed by atoms with Crippen LogP contribution in [0.2, 0.25) is 0 Å². The van der Waals surface area contributed by atoms with Crippen molar-refractivity contribution in [3.8, 4) is 0 Å². The van der Waals surface area contributed by atoms with Gasteiger partial charge in [0.25, 0.3) is 0 Å². The van der Waals surface area contributed by atoms with Crippen LogP contribution in [0.15, 0.2) is 29.2 Å². The quantitative estimate of drug-likeness (QED) is 0.755. The van der Waals surface area contributed by atoms with Crippen molar-refractivity contribution < 1.29 is 9.13 Å². The highest BCUT2D eigenvalue weighted by Crippen LogP contribution is 2.19. The zero-order valence-electron chi connectivity index (χ0n) is 9.00. The van der Waals surface area contributed by atoms with Gasteiger partial charge >= 0.3 is 0 Å². The highest BCUT2D eigenvalue weighted by molar-refractivity contribution is 7.99. The van der Waals surface area contributed by atoms with Crippen molar-refractivity contribution in [1.82, 2.24) is 5.32 Å². The Morgan fingerprint density at radius 2 is 2.33 bits per heavy atom. The monoisotopic (exact) mass is 229 g/mol. The lowest BCUT2D eigenvalue weighted by Gasteiger charge is -2.14. The van der Waals surface area contributed by atoms with Gasteiger partial charge in [0.15, 0.2) is 0 Å². The molecule has 0 amide bonds. The highest BCUT2D eigenvalue weighted by atomic mass is 32.2. The summed E-state index contributed by atoms with van der Waals surface area (Å²) in [6, 6.07) is 6.93. The second kappa shape index (κ2) is 6.82. The summed E-state index contributed by atoms with van der Waals surface area (Å²) >= 11 is 1.62. The normalized spacial score (nSPS) is 12.7. The van der Waals surface area contributed by atoms with Crippen LogP contribution in [0.1, 0.15) is 0 Å². The maximum atomic E-state index is 12.9. The number of nitrogens with one attached hydrogen (secondary N) is 1. The van der Waals surface area contributed by atoms with Gasteiger partial charge in [-0.15, -0.1) is 11.8 Å². The third-order valence-electron chi connectivity index (χ3n) is 2.02. The van der Waals surface area contributed by atoms with Crippen molar-refractivity contribution in [2.45, 2.75) is 10.9 Å². The molecule has 1 aromatic rings. The number of ether oxygens (including phenoxy) is 1. The Kier molecular flexibility index (Phi) is 5.68. The van der Waals surface area contributed by atoms with E-state index in [-0.39, 0.29) is 5.82 Å². The molecule has 1 rings (SSSR count). The molecule has 0 bridgehead atoms. The van der Waals surface area contributed by atoms with Crippen LogP contribution < -0.4 is 5.32 Å². The number of likely N-dealkylation sites (N-methyl/N-ethyl adjacent to an activating group) is 1. The number of methoxy groups -OCH3 is 1. The van der Waals surface area contributed by atoms with Gasteiger partial charge in [-0.05, 0) is 25.2 Å². The number of benzene rings is 1. The van der Waals surface area contributed by atoms with E-state index in [1.807, 2.05) is 13.1 Å². The Labute approximate surface area is 94.2 Å². The van der Waals surface area contributed by atoms with Crippen LogP contribution in [0.5, 0.6) is 0 Å². The minimum absolute atomic E-state index is 0.187. The Bertz CT molecular complexity index is 296. The van der Waals surface area contributed by atoms with Crippen LogP contribution in [0.25, 0.3) is 0 Å². The van der Waals surface area contributed by atoms with Gasteiger partial charge in [0.05, 0.1) is 6.61 Å². The molecule has 0 spiro atoms. The Morgan fingerprint density at radius 1 is 1.53 bits per heavy atom. The van der Waals surface area contributed by atoms with E-state index in [0.29, 0.717) is 12.6 Å². The molecular formula is C11H16FNOS. The molecule has 1 aromatic carbocycles. The molecule has 2 nitrogen and oxygen atoms in total. The van der Waals surface area contributed by atoms with Crippen molar-refractivity contribution >= 4 is 11.8 Å². The summed E-state index contributed by atoms with van der Waals surface area (Å²) in [6.45, 7) is 0.665. The van der Waals surface area contributed by atoms with E-state index in [1.165, 1.54) is 6.07 Å². The number of thioether (sulfide) groups is 1. The summed E-state index contributed by atoms with van der Waals surface area (Å²) in [6.07, 6.45) is 0. The molecule has 15 heavy (non-hydrogen) atoms. The molecule has 0 aromatic heterocycles. The van der Waals surface area contributed by atoms with Crippen molar-refractivity contribution in [2.24, 2.45) is 0 Å². The minimum Gasteiger partial charge on any atom is -0.383 e. The van der Waals surface area contributed by atoms with E-state index in [0.717, 1.165) is 10.6 Å². The molecular weight excluding hydrogens is 213 g/mol. The molecule has 1 atom stereocenters. The summed E-state index contributed by atoms with van der Waals surface area (Å²) in [5.41, 5.74) is 0. The predicted molar refractivity (Wildman–Crippen MR) is 61.8 cm³/mol. The van der Waals surface area contributed by atoms with Crippen molar-refractivity contribution in [2.75, 3.05) is 26.5 Å². The van der Waals surface area contributed by atoms with Crippen LogP contribution in [-0.2, 0) is 4.74 Å². The Balaban J connectivity index is 2.41. The summed E-state index contributed by atoms with van der Waals surface area (Å²) in [5, 5.41) is 3.15. The molecule has 0 aliphatic heterocycles. The number of hydrogen-bond donors (Lipinski definition) is 1. The molecule has 4 heteroatoms. The molecule has 0 aliphatic rings. The largest absolute Gasteiger partial charge is 0.383 e. The second-order valence-electron chi connectivity index (χ2n) is 3.21. The fraction of sp³-hybridized carbons (Fsp3) is 0.455. The smallest absolute Gasteiger partial charge is 0.124 e. The lowest BCUT2D eigenvalue weighted by molar-refractivity contribution is 0.177. The van der Waals surface area contributed by atoms with Crippen LogP contribution in [-0.4, -0.2) is 32.6 Å². The lowest BCUT2D eigenvalue weighted by Crippen LogP contribution is -2.32. The first-order valence-corrected chi connectivity index (χ1v) is 5.79. The fourth-order valence-electron chi connectivity index (χ4n) is 1.17. The third kappa shape index (κ3) is 4.64. The van der Waals surface area contributed by atoms with E-state index < -0.39 is 0 Å². The van der Waals surface area contributed by atoms with Gasteiger partial charge in [-0.3, -0.25) is 0 Å². The number of hydrogen-bond acceptors (Lipinski definition) is 3. The zero-order chi connectivity index (χ0) is 11.1. The van der Waals surface area contributed by atoms with Gasteiger partial charge in [-0.25, -0.2) is 4.39 Å². The van der Waals surface area contributed by atoms with Gasteiger partial charge in [-0.2, -0.15) is 0 Å². The maximum absolute atomic E-state index is 12.9. The molecule has 0 saturated carbocycles. The molecule has 0 aliphatic carbocycles. The molecule has 0 saturated heterocycles. The van der Waals surface area contributed by atoms with E-state index in [4.69, 9.17) is 4.74 Å². The van der Waals surface area contributed by atoms with Gasteiger partial charge < -0.3 is 10.1 Å². The van der Waals surface area contributed by atoms with E-state index in [2.05, 4.69) is 5.32 Å². The SMILES string of the molecule is CNC(COC)CSc1cccc(F)c1. The first-order chi connectivity index (χ1) is 7.26. The van der Waals surface area contributed by atoms with Crippen molar-refractivity contribution in [1.29, 1.82) is 0 Å². The van der Waals surface area contributed by atoms with Crippen molar-refractivity contribution in [3.63, 3.8) is 0 Å². The van der Waals surface area contributed by atoms with Crippen LogP contribution in [0, 0.1) is 5.82 Å².